The summed E-state index contributed by atoms with van der Waals surface area (Å²) in [7, 11) is 0. The van der Waals surface area contributed by atoms with Crippen LogP contribution in [0.2, 0.25) is 0 Å². The Labute approximate surface area is 96.7 Å². The molecule has 1 aliphatic rings. The third kappa shape index (κ3) is 2.80. The monoisotopic (exact) mass is 215 g/mol. The first-order chi connectivity index (χ1) is 7.90. The summed E-state index contributed by atoms with van der Waals surface area (Å²) in [5.41, 5.74) is 1.36. The number of nitrogens with zero attached hydrogens (tertiary/aromatic N) is 3. The van der Waals surface area contributed by atoms with E-state index >= 15 is 0 Å². The molecule has 0 atom stereocenters. The van der Waals surface area contributed by atoms with Gasteiger partial charge in [-0.05, 0) is 43.5 Å². The molecule has 84 valence electrons. The van der Waals surface area contributed by atoms with Gasteiger partial charge in [0.1, 0.15) is 0 Å². The number of rotatable bonds is 3. The number of hydrogen-bond donors (Lipinski definition) is 0. The molecule has 3 nitrogen and oxygen atoms in total. The summed E-state index contributed by atoms with van der Waals surface area (Å²) in [6, 6.07) is 6.39. The minimum atomic E-state index is 0.650. The zero-order chi connectivity index (χ0) is 11.2. The maximum atomic E-state index is 8.54. The maximum Gasteiger partial charge on any atom is 0.0635 e. The number of aromatic nitrogens is 1. The van der Waals surface area contributed by atoms with Crippen LogP contribution in [0, 0.1) is 11.3 Å². The average molecular weight is 215 g/mol. The largest absolute Gasteiger partial charge is 0.302 e. The molecule has 1 saturated heterocycles. The minimum Gasteiger partial charge on any atom is -0.302 e. The predicted octanol–water partition coefficient (Wildman–Crippen LogP) is 2.17. The smallest absolute Gasteiger partial charge is 0.0635 e. The van der Waals surface area contributed by atoms with Crippen molar-refractivity contribution in [2.45, 2.75) is 25.2 Å². The van der Waals surface area contributed by atoms with Crippen molar-refractivity contribution in [2.24, 2.45) is 0 Å². The van der Waals surface area contributed by atoms with E-state index in [0.29, 0.717) is 12.3 Å². The number of hydrogen-bond acceptors (Lipinski definition) is 3. The van der Waals surface area contributed by atoms with Crippen molar-refractivity contribution < 1.29 is 0 Å². The van der Waals surface area contributed by atoms with E-state index in [1.54, 1.807) is 0 Å². The van der Waals surface area contributed by atoms with E-state index in [4.69, 9.17) is 5.26 Å². The van der Waals surface area contributed by atoms with Crippen molar-refractivity contribution in [3.8, 4) is 6.07 Å². The van der Waals surface area contributed by atoms with Crippen LogP contribution in [0.1, 0.15) is 30.7 Å². The van der Waals surface area contributed by atoms with E-state index in [1.165, 1.54) is 18.4 Å². The third-order valence-corrected chi connectivity index (χ3v) is 3.28. The number of pyridine rings is 1. The Kier molecular flexibility index (Phi) is 3.90. The molecule has 16 heavy (non-hydrogen) atoms. The molecule has 2 heterocycles. The van der Waals surface area contributed by atoms with Gasteiger partial charge in [-0.1, -0.05) is 6.07 Å². The SMILES string of the molecule is N#CCCN1CCC(c2cccnc2)CC1. The average Bonchev–Trinajstić information content (AvgIpc) is 2.38. The lowest BCUT2D eigenvalue weighted by Crippen LogP contribution is -2.33. The topological polar surface area (TPSA) is 39.9 Å². The molecule has 1 fully saturated rings. The lowest BCUT2D eigenvalue weighted by atomic mass is 9.90. The Morgan fingerprint density at radius 1 is 1.44 bits per heavy atom. The number of nitriles is 1. The van der Waals surface area contributed by atoms with Gasteiger partial charge in [0, 0.05) is 25.4 Å². The van der Waals surface area contributed by atoms with E-state index < -0.39 is 0 Å². The van der Waals surface area contributed by atoms with Crippen LogP contribution in [-0.4, -0.2) is 29.5 Å². The van der Waals surface area contributed by atoms with Gasteiger partial charge in [0.15, 0.2) is 0 Å². The quantitative estimate of drug-likeness (QED) is 0.775. The number of likely N-dealkylation sites (tertiary alicyclic amines) is 1. The molecule has 0 N–H and O–H groups in total. The summed E-state index contributed by atoms with van der Waals surface area (Å²) < 4.78 is 0. The molecule has 2 rings (SSSR count). The molecule has 0 bridgehead atoms. The highest BCUT2D eigenvalue weighted by Crippen LogP contribution is 2.27. The second kappa shape index (κ2) is 5.62. The van der Waals surface area contributed by atoms with Crippen LogP contribution in [-0.2, 0) is 0 Å². The van der Waals surface area contributed by atoms with Gasteiger partial charge in [-0.3, -0.25) is 4.98 Å². The highest BCUT2D eigenvalue weighted by Gasteiger charge is 2.19. The summed E-state index contributed by atoms with van der Waals surface area (Å²) >= 11 is 0. The Morgan fingerprint density at radius 3 is 2.88 bits per heavy atom. The molecule has 0 spiro atoms. The summed E-state index contributed by atoms with van der Waals surface area (Å²) in [6.45, 7) is 3.15. The fraction of sp³-hybridized carbons (Fsp3) is 0.538. The zero-order valence-corrected chi connectivity index (χ0v) is 9.47. The van der Waals surface area contributed by atoms with Crippen molar-refractivity contribution in [2.75, 3.05) is 19.6 Å². The van der Waals surface area contributed by atoms with Gasteiger partial charge in [0.2, 0.25) is 0 Å². The molecule has 0 unspecified atom stereocenters. The summed E-state index contributed by atoms with van der Waals surface area (Å²) in [5, 5.41) is 8.54. The highest BCUT2D eigenvalue weighted by atomic mass is 15.1. The normalized spacial score (nSPS) is 18.2. The lowest BCUT2D eigenvalue weighted by Gasteiger charge is -2.31. The molecule has 1 aromatic heterocycles. The summed E-state index contributed by atoms with van der Waals surface area (Å²) in [6.07, 6.45) is 6.84. The highest BCUT2D eigenvalue weighted by molar-refractivity contribution is 5.15. The summed E-state index contributed by atoms with van der Waals surface area (Å²) in [4.78, 5) is 6.56. The first-order valence-corrected chi connectivity index (χ1v) is 5.89. The van der Waals surface area contributed by atoms with Gasteiger partial charge >= 0.3 is 0 Å². The van der Waals surface area contributed by atoms with Gasteiger partial charge in [0.25, 0.3) is 0 Å². The molecule has 0 aliphatic carbocycles. The van der Waals surface area contributed by atoms with E-state index in [9.17, 15) is 0 Å². The molecular weight excluding hydrogens is 198 g/mol. The molecule has 0 radical (unpaired) electrons. The van der Waals surface area contributed by atoms with Crippen LogP contribution in [0.25, 0.3) is 0 Å². The molecular formula is C13H17N3. The fourth-order valence-corrected chi connectivity index (χ4v) is 2.32. The molecule has 1 aromatic rings. The van der Waals surface area contributed by atoms with E-state index in [2.05, 4.69) is 22.0 Å². The van der Waals surface area contributed by atoms with Crippen molar-refractivity contribution in [1.29, 1.82) is 5.26 Å². The summed E-state index contributed by atoms with van der Waals surface area (Å²) in [5.74, 6) is 0.659. The van der Waals surface area contributed by atoms with Crippen LogP contribution in [0.5, 0.6) is 0 Å². The van der Waals surface area contributed by atoms with Crippen LogP contribution in [0.4, 0.5) is 0 Å². The molecule has 3 heteroatoms. The number of piperidine rings is 1. The minimum absolute atomic E-state index is 0.650. The Bertz CT molecular complexity index is 347. The Hall–Kier alpha value is -1.40. The van der Waals surface area contributed by atoms with Gasteiger partial charge < -0.3 is 4.90 Å². The standard InChI is InChI=1S/C13H17N3/c14-6-2-8-16-9-4-12(5-10-16)13-3-1-7-15-11-13/h1,3,7,11-12H,2,4-5,8-10H2. The fourth-order valence-electron chi connectivity index (χ4n) is 2.32. The third-order valence-electron chi connectivity index (χ3n) is 3.28. The van der Waals surface area contributed by atoms with E-state index in [0.717, 1.165) is 19.6 Å². The van der Waals surface area contributed by atoms with Crippen molar-refractivity contribution in [3.05, 3.63) is 30.1 Å². The van der Waals surface area contributed by atoms with Gasteiger partial charge in [-0.2, -0.15) is 5.26 Å². The van der Waals surface area contributed by atoms with Crippen molar-refractivity contribution >= 4 is 0 Å². The van der Waals surface area contributed by atoms with Gasteiger partial charge in [-0.25, -0.2) is 0 Å². The van der Waals surface area contributed by atoms with Crippen LogP contribution >= 0.6 is 0 Å². The van der Waals surface area contributed by atoms with Crippen molar-refractivity contribution in [3.63, 3.8) is 0 Å². The van der Waals surface area contributed by atoms with Crippen LogP contribution in [0.3, 0.4) is 0 Å². The Morgan fingerprint density at radius 2 is 2.25 bits per heavy atom. The predicted molar refractivity (Wildman–Crippen MR) is 62.9 cm³/mol. The van der Waals surface area contributed by atoms with E-state index in [1.807, 2.05) is 18.5 Å². The molecule has 0 amide bonds. The van der Waals surface area contributed by atoms with Crippen LogP contribution in [0.15, 0.2) is 24.5 Å². The first kappa shape index (κ1) is 11.1. The van der Waals surface area contributed by atoms with Crippen LogP contribution < -0.4 is 0 Å². The second-order valence-corrected chi connectivity index (χ2v) is 4.31. The first-order valence-electron chi connectivity index (χ1n) is 5.89. The van der Waals surface area contributed by atoms with Gasteiger partial charge in [-0.15, -0.1) is 0 Å². The van der Waals surface area contributed by atoms with Crippen molar-refractivity contribution in [1.82, 2.24) is 9.88 Å². The van der Waals surface area contributed by atoms with E-state index in [-0.39, 0.29) is 0 Å². The maximum absolute atomic E-state index is 8.54. The lowest BCUT2D eigenvalue weighted by molar-refractivity contribution is 0.216. The Balaban J connectivity index is 1.84. The zero-order valence-electron chi connectivity index (χ0n) is 9.47. The molecule has 0 saturated carbocycles. The molecule has 0 aromatic carbocycles. The second-order valence-electron chi connectivity index (χ2n) is 4.31. The van der Waals surface area contributed by atoms with Gasteiger partial charge in [0.05, 0.1) is 6.07 Å². The molecule has 1 aliphatic heterocycles.